The van der Waals surface area contributed by atoms with Crippen molar-refractivity contribution in [3.63, 3.8) is 0 Å². The number of carbonyl (C=O) groups excluding carboxylic acids is 1. The van der Waals surface area contributed by atoms with E-state index in [0.717, 1.165) is 30.2 Å². The van der Waals surface area contributed by atoms with Gasteiger partial charge in [0.05, 0.1) is 16.6 Å². The smallest absolute Gasteiger partial charge is 0.489 e. The first kappa shape index (κ1) is 27.0. The second-order valence-electron chi connectivity index (χ2n) is 7.61. The van der Waals surface area contributed by atoms with Gasteiger partial charge in [0.25, 0.3) is 5.56 Å². The molecule has 176 valence electrons. The molecule has 1 amide bonds. The minimum atomic E-state index is -5.08. The molecular formula is C19H27BrF3N3O5. The molecule has 12 heteroatoms. The second kappa shape index (κ2) is 11.5. The number of pyridine rings is 1. The maximum Gasteiger partial charge on any atom is 0.490 e. The van der Waals surface area contributed by atoms with Gasteiger partial charge in [0.1, 0.15) is 5.75 Å². The van der Waals surface area contributed by atoms with E-state index in [0.29, 0.717) is 5.75 Å². The summed E-state index contributed by atoms with van der Waals surface area (Å²) in [5.41, 5.74) is 5.78. The third-order valence-corrected chi connectivity index (χ3v) is 5.32. The molecule has 0 spiro atoms. The van der Waals surface area contributed by atoms with Crippen LogP contribution in [0.3, 0.4) is 0 Å². The van der Waals surface area contributed by atoms with Crippen molar-refractivity contribution in [2.45, 2.75) is 63.9 Å². The molecule has 0 bridgehead atoms. The van der Waals surface area contributed by atoms with Crippen LogP contribution in [0.25, 0.3) is 0 Å². The highest BCUT2D eigenvalue weighted by atomic mass is 79.9. The van der Waals surface area contributed by atoms with E-state index in [9.17, 15) is 22.8 Å². The third-order valence-electron chi connectivity index (χ3n) is 4.72. The van der Waals surface area contributed by atoms with Crippen LogP contribution >= 0.6 is 15.9 Å². The van der Waals surface area contributed by atoms with Gasteiger partial charge in [-0.05, 0) is 47.5 Å². The van der Waals surface area contributed by atoms with Gasteiger partial charge in [-0.15, -0.1) is 0 Å². The van der Waals surface area contributed by atoms with Crippen LogP contribution in [0.4, 0.5) is 13.2 Å². The molecule has 0 saturated heterocycles. The number of nitrogens with zero attached hydrogens (tertiary/aromatic N) is 1. The summed E-state index contributed by atoms with van der Waals surface area (Å²) in [5, 5.41) is 10.2. The Labute approximate surface area is 186 Å². The molecule has 1 unspecified atom stereocenters. The molecule has 1 aromatic heterocycles. The number of ether oxygens (including phenoxy) is 1. The lowest BCUT2D eigenvalue weighted by Crippen LogP contribution is -2.49. The van der Waals surface area contributed by atoms with Crippen molar-refractivity contribution >= 4 is 27.8 Å². The van der Waals surface area contributed by atoms with Crippen molar-refractivity contribution in [2.24, 2.45) is 18.7 Å². The van der Waals surface area contributed by atoms with Crippen LogP contribution in [-0.4, -0.2) is 45.9 Å². The summed E-state index contributed by atoms with van der Waals surface area (Å²) in [7, 11) is 1.70. The Bertz CT molecular complexity index is 821. The van der Waals surface area contributed by atoms with Gasteiger partial charge >= 0.3 is 12.1 Å². The lowest BCUT2D eigenvalue weighted by Gasteiger charge is -2.30. The summed E-state index contributed by atoms with van der Waals surface area (Å²) in [6, 6.07) is 1.18. The number of nitrogens with two attached hydrogens (primary N) is 1. The highest BCUT2D eigenvalue weighted by molar-refractivity contribution is 9.10. The van der Waals surface area contributed by atoms with E-state index < -0.39 is 18.2 Å². The summed E-state index contributed by atoms with van der Waals surface area (Å²) >= 11 is 3.43. The van der Waals surface area contributed by atoms with Crippen molar-refractivity contribution in [3.05, 3.63) is 27.1 Å². The molecule has 1 atom stereocenters. The lowest BCUT2D eigenvalue weighted by atomic mass is 9.92. The van der Waals surface area contributed by atoms with Crippen LogP contribution < -0.4 is 21.3 Å². The summed E-state index contributed by atoms with van der Waals surface area (Å²) in [6.45, 7) is 3.88. The number of alkyl halides is 3. The number of hydrogen-bond acceptors (Lipinski definition) is 5. The first-order chi connectivity index (χ1) is 14.2. The van der Waals surface area contributed by atoms with Crippen LogP contribution in [0.2, 0.25) is 0 Å². The van der Waals surface area contributed by atoms with Gasteiger partial charge in [0.2, 0.25) is 5.91 Å². The largest absolute Gasteiger partial charge is 0.490 e. The Kier molecular flexibility index (Phi) is 10.0. The molecule has 4 N–H and O–H groups in total. The number of carboxylic acids is 1. The Morgan fingerprint density at radius 2 is 1.81 bits per heavy atom. The van der Waals surface area contributed by atoms with Gasteiger partial charge < -0.3 is 25.5 Å². The highest BCUT2D eigenvalue weighted by Crippen LogP contribution is 2.28. The zero-order valence-electron chi connectivity index (χ0n) is 17.4. The highest BCUT2D eigenvalue weighted by Gasteiger charge is 2.38. The molecule has 1 aromatic rings. The van der Waals surface area contributed by atoms with E-state index in [4.69, 9.17) is 20.4 Å². The normalized spacial score (nSPS) is 19.8. The lowest BCUT2D eigenvalue weighted by molar-refractivity contribution is -0.192. The van der Waals surface area contributed by atoms with Crippen molar-refractivity contribution in [2.75, 3.05) is 0 Å². The molecule has 0 aromatic carbocycles. The summed E-state index contributed by atoms with van der Waals surface area (Å²) in [6.07, 6.45) is 0.0531. The number of hydrogen-bond donors (Lipinski definition) is 3. The minimum Gasteiger partial charge on any atom is -0.489 e. The van der Waals surface area contributed by atoms with Gasteiger partial charge in [-0.25, -0.2) is 4.79 Å². The van der Waals surface area contributed by atoms with E-state index in [-0.39, 0.29) is 29.5 Å². The fourth-order valence-electron chi connectivity index (χ4n) is 2.78. The van der Waals surface area contributed by atoms with E-state index in [1.807, 2.05) is 13.8 Å². The molecule has 1 fully saturated rings. The zero-order valence-corrected chi connectivity index (χ0v) is 19.0. The molecule has 2 rings (SSSR count). The molecule has 1 saturated carbocycles. The molecule has 0 radical (unpaired) electrons. The monoisotopic (exact) mass is 513 g/mol. The van der Waals surface area contributed by atoms with Crippen LogP contribution in [0.15, 0.2) is 21.5 Å². The molecule has 31 heavy (non-hydrogen) atoms. The average Bonchev–Trinajstić information content (AvgIpc) is 2.66. The number of nitrogens with one attached hydrogen (secondary N) is 1. The van der Waals surface area contributed by atoms with Gasteiger partial charge in [0, 0.05) is 25.4 Å². The molecule has 8 nitrogen and oxygen atoms in total. The number of rotatable bonds is 5. The quantitative estimate of drug-likeness (QED) is 0.555. The molecule has 1 aliphatic carbocycles. The summed E-state index contributed by atoms with van der Waals surface area (Å²) < 4.78 is 40.0. The maximum absolute atomic E-state index is 12.0. The predicted octanol–water partition coefficient (Wildman–Crippen LogP) is 2.57. The van der Waals surface area contributed by atoms with Gasteiger partial charge in [-0.3, -0.25) is 9.59 Å². The SMILES string of the molecule is CC(C)C(N)C(=O)N[C@H]1CC[C@H](Oc2cc(=O)n(C)cc2Br)CC1.O=C(O)C(F)(F)F. The van der Waals surface area contributed by atoms with E-state index in [1.165, 1.54) is 10.6 Å². The Morgan fingerprint density at radius 1 is 1.29 bits per heavy atom. The van der Waals surface area contributed by atoms with E-state index in [2.05, 4.69) is 21.2 Å². The van der Waals surface area contributed by atoms with Crippen molar-refractivity contribution < 1.29 is 32.6 Å². The number of carbonyl (C=O) groups is 2. The third kappa shape index (κ3) is 8.90. The predicted molar refractivity (Wildman–Crippen MR) is 111 cm³/mol. The van der Waals surface area contributed by atoms with E-state index in [1.54, 1.807) is 13.2 Å². The number of carboxylic acid groups (broad SMARTS) is 1. The molecule has 0 aliphatic heterocycles. The molecule has 1 aliphatic rings. The maximum atomic E-state index is 12.0. The fraction of sp³-hybridized carbons (Fsp3) is 0.632. The fourth-order valence-corrected chi connectivity index (χ4v) is 3.29. The van der Waals surface area contributed by atoms with Crippen molar-refractivity contribution in [1.82, 2.24) is 9.88 Å². The van der Waals surface area contributed by atoms with Crippen LogP contribution in [0.1, 0.15) is 39.5 Å². The van der Waals surface area contributed by atoms with Crippen molar-refractivity contribution in [3.8, 4) is 5.75 Å². The molecule has 1 heterocycles. The first-order valence-corrected chi connectivity index (χ1v) is 10.4. The standard InChI is InChI=1S/C17H26BrN3O3.C2HF3O2/c1-10(2)16(19)17(23)20-11-4-6-12(7-5-11)24-14-8-15(22)21(3)9-13(14)18;3-2(4,5)1(6)7/h8-12,16H,4-7,19H2,1-3H3,(H,20,23);(H,6,7)/t11-,12-,16?;. The van der Waals surface area contributed by atoms with Gasteiger partial charge in [-0.2, -0.15) is 13.2 Å². The first-order valence-electron chi connectivity index (χ1n) is 9.61. The van der Waals surface area contributed by atoms with E-state index >= 15 is 0 Å². The minimum absolute atomic E-state index is 0.0559. The number of aliphatic carboxylic acids is 1. The number of amides is 1. The average molecular weight is 514 g/mol. The van der Waals surface area contributed by atoms with Crippen LogP contribution in [0.5, 0.6) is 5.75 Å². The van der Waals surface area contributed by atoms with Crippen LogP contribution in [0, 0.1) is 5.92 Å². The van der Waals surface area contributed by atoms with Crippen molar-refractivity contribution in [1.29, 1.82) is 0 Å². The Morgan fingerprint density at radius 3 is 2.26 bits per heavy atom. The topological polar surface area (TPSA) is 124 Å². The number of halogens is 4. The number of aryl methyl sites for hydroxylation is 1. The summed E-state index contributed by atoms with van der Waals surface area (Å²) in [5.74, 6) is -2.13. The zero-order chi connectivity index (χ0) is 23.9. The summed E-state index contributed by atoms with van der Waals surface area (Å²) in [4.78, 5) is 32.7. The van der Waals surface area contributed by atoms with Crippen LogP contribution in [-0.2, 0) is 16.6 Å². The number of aromatic nitrogens is 1. The Balaban J connectivity index is 0.000000592. The van der Waals surface area contributed by atoms with Gasteiger partial charge in [-0.1, -0.05) is 13.8 Å². The Hall–Kier alpha value is -2.08. The molecular weight excluding hydrogens is 487 g/mol. The second-order valence-corrected chi connectivity index (χ2v) is 8.46. The van der Waals surface area contributed by atoms with Gasteiger partial charge in [0.15, 0.2) is 0 Å².